The summed E-state index contributed by atoms with van der Waals surface area (Å²) in [4.78, 5) is 0. The number of rotatable bonds is 12. The molecule has 3 saturated heterocycles. The highest BCUT2D eigenvalue weighted by atomic mass is 16.5. The molecule has 6 heteroatoms. The maximum Gasteiger partial charge on any atom is 0.0743 e. The van der Waals surface area contributed by atoms with Crippen molar-refractivity contribution in [2.24, 2.45) is 34.0 Å². The first-order valence-corrected chi connectivity index (χ1v) is 14.1. The molecule has 0 N–H and O–H groups in total. The van der Waals surface area contributed by atoms with E-state index in [2.05, 4.69) is 20.8 Å². The third-order valence-electron chi connectivity index (χ3n) is 11.0. The van der Waals surface area contributed by atoms with Crippen molar-refractivity contribution in [1.29, 1.82) is 0 Å². The largest absolute Gasteiger partial charge is 0.380 e. The van der Waals surface area contributed by atoms with E-state index in [1.807, 2.05) is 0 Å². The summed E-state index contributed by atoms with van der Waals surface area (Å²) >= 11 is 0. The van der Waals surface area contributed by atoms with Gasteiger partial charge in [-0.3, -0.25) is 0 Å². The highest BCUT2D eigenvalue weighted by molar-refractivity contribution is 5.16. The molecule has 6 fully saturated rings. The second-order valence-corrected chi connectivity index (χ2v) is 13.0. The third kappa shape index (κ3) is 3.90. The Kier molecular flexibility index (Phi) is 6.35. The summed E-state index contributed by atoms with van der Waals surface area (Å²) in [7, 11) is 0. The van der Waals surface area contributed by atoms with Crippen LogP contribution < -0.4 is 0 Å². The zero-order chi connectivity index (χ0) is 23.4. The van der Waals surface area contributed by atoms with Gasteiger partial charge in [0.05, 0.1) is 77.3 Å². The SMILES string of the molecule is CCC1(COC2CC3C4CC(OCC5(CC)COC5)(CC4OCC4(CC)COC4)C3C2)COC1. The minimum Gasteiger partial charge on any atom is -0.380 e. The Bertz CT molecular complexity index is 712. The summed E-state index contributed by atoms with van der Waals surface area (Å²) in [5, 5.41) is 0. The van der Waals surface area contributed by atoms with Crippen molar-refractivity contribution in [2.45, 2.75) is 83.5 Å². The average Bonchev–Trinajstić information content (AvgIpc) is 3.42. The van der Waals surface area contributed by atoms with Crippen LogP contribution in [0, 0.1) is 34.0 Å². The molecular formula is C28H46O6. The first kappa shape index (κ1) is 24.1. The van der Waals surface area contributed by atoms with E-state index in [4.69, 9.17) is 28.4 Å². The molecule has 3 aliphatic heterocycles. The number of fused-ring (bicyclic) bond motifs is 5. The lowest BCUT2D eigenvalue weighted by atomic mass is 9.77. The number of ether oxygens (including phenoxy) is 6. The molecule has 6 rings (SSSR count). The van der Waals surface area contributed by atoms with Gasteiger partial charge < -0.3 is 28.4 Å². The minimum absolute atomic E-state index is 0.0343. The minimum atomic E-state index is -0.0343. The van der Waals surface area contributed by atoms with E-state index < -0.39 is 0 Å². The van der Waals surface area contributed by atoms with Crippen LogP contribution in [0.3, 0.4) is 0 Å². The molecule has 0 amide bonds. The fraction of sp³-hybridized carbons (Fsp3) is 1.00. The molecule has 0 aromatic rings. The lowest BCUT2D eigenvalue weighted by Crippen LogP contribution is -2.51. The first-order chi connectivity index (χ1) is 16.5. The fourth-order valence-electron chi connectivity index (χ4n) is 7.70. The molecule has 3 aliphatic carbocycles. The van der Waals surface area contributed by atoms with Gasteiger partial charge in [-0.25, -0.2) is 0 Å². The van der Waals surface area contributed by atoms with Crippen LogP contribution in [-0.4, -0.2) is 77.3 Å². The van der Waals surface area contributed by atoms with Gasteiger partial charge in [-0.2, -0.15) is 0 Å². The molecule has 0 radical (unpaired) electrons. The van der Waals surface area contributed by atoms with Crippen molar-refractivity contribution in [3.05, 3.63) is 0 Å². The summed E-state index contributed by atoms with van der Waals surface area (Å²) in [5.74, 6) is 1.89. The molecule has 0 aromatic heterocycles. The van der Waals surface area contributed by atoms with Gasteiger partial charge in [-0.15, -0.1) is 0 Å². The second kappa shape index (κ2) is 8.95. The Hall–Kier alpha value is -0.240. The molecular weight excluding hydrogens is 432 g/mol. The van der Waals surface area contributed by atoms with Gasteiger partial charge in [-0.05, 0) is 56.3 Å². The van der Waals surface area contributed by atoms with Gasteiger partial charge in [0.15, 0.2) is 0 Å². The molecule has 34 heavy (non-hydrogen) atoms. The summed E-state index contributed by atoms with van der Waals surface area (Å²) < 4.78 is 37.0. The fourth-order valence-corrected chi connectivity index (χ4v) is 7.70. The molecule has 6 atom stereocenters. The average molecular weight is 479 g/mol. The van der Waals surface area contributed by atoms with Gasteiger partial charge in [0.1, 0.15) is 0 Å². The van der Waals surface area contributed by atoms with Crippen molar-refractivity contribution in [3.63, 3.8) is 0 Å². The Morgan fingerprint density at radius 2 is 1.21 bits per heavy atom. The monoisotopic (exact) mass is 478 g/mol. The Balaban J connectivity index is 1.13. The summed E-state index contributed by atoms with van der Waals surface area (Å²) in [5.41, 5.74) is 0.690. The van der Waals surface area contributed by atoms with Crippen molar-refractivity contribution < 1.29 is 28.4 Å². The van der Waals surface area contributed by atoms with Crippen molar-refractivity contribution >= 4 is 0 Å². The van der Waals surface area contributed by atoms with E-state index in [-0.39, 0.29) is 21.8 Å². The summed E-state index contributed by atoms with van der Waals surface area (Å²) in [6.07, 6.45) is 8.63. The standard InChI is InChI=1S/C28H46O6/c1-4-25(11-29-12-25)17-32-20-7-21-22-9-28(23(21)8-20,34-19-27(6-3)15-31-16-27)10-24(22)33-18-26(5-2)13-30-14-26/h20-24H,4-19H2,1-3H3. The molecule has 0 spiro atoms. The van der Waals surface area contributed by atoms with Crippen LogP contribution in [0.4, 0.5) is 0 Å². The smallest absolute Gasteiger partial charge is 0.0743 e. The van der Waals surface area contributed by atoms with Crippen LogP contribution in [0.2, 0.25) is 0 Å². The predicted molar refractivity (Wildman–Crippen MR) is 128 cm³/mol. The van der Waals surface area contributed by atoms with E-state index in [0.717, 1.165) is 91.6 Å². The highest BCUT2D eigenvalue weighted by Gasteiger charge is 2.66. The van der Waals surface area contributed by atoms with E-state index in [1.54, 1.807) is 0 Å². The molecule has 2 bridgehead atoms. The van der Waals surface area contributed by atoms with Crippen LogP contribution in [0.25, 0.3) is 0 Å². The van der Waals surface area contributed by atoms with Crippen LogP contribution in [0.15, 0.2) is 0 Å². The Morgan fingerprint density at radius 3 is 1.74 bits per heavy atom. The van der Waals surface area contributed by atoms with Crippen molar-refractivity contribution in [3.8, 4) is 0 Å². The van der Waals surface area contributed by atoms with Crippen LogP contribution >= 0.6 is 0 Å². The third-order valence-corrected chi connectivity index (χ3v) is 11.0. The second-order valence-electron chi connectivity index (χ2n) is 13.0. The molecule has 194 valence electrons. The molecule has 6 unspecified atom stereocenters. The van der Waals surface area contributed by atoms with E-state index in [1.165, 1.54) is 12.8 Å². The maximum atomic E-state index is 7.01. The Labute approximate surface area is 205 Å². The van der Waals surface area contributed by atoms with Gasteiger partial charge >= 0.3 is 0 Å². The van der Waals surface area contributed by atoms with Crippen LogP contribution in [0.5, 0.6) is 0 Å². The normalized spacial score (nSPS) is 42.6. The van der Waals surface area contributed by atoms with E-state index in [0.29, 0.717) is 30.0 Å². The lowest BCUT2D eigenvalue weighted by molar-refractivity contribution is -0.200. The van der Waals surface area contributed by atoms with E-state index in [9.17, 15) is 0 Å². The molecule has 3 saturated carbocycles. The quantitative estimate of drug-likeness (QED) is 0.418. The topological polar surface area (TPSA) is 55.4 Å². The molecule has 3 heterocycles. The molecule has 6 aliphatic rings. The maximum absolute atomic E-state index is 7.01. The van der Waals surface area contributed by atoms with Crippen molar-refractivity contribution in [2.75, 3.05) is 59.5 Å². The zero-order valence-electron chi connectivity index (χ0n) is 21.6. The Morgan fingerprint density at radius 1 is 0.647 bits per heavy atom. The van der Waals surface area contributed by atoms with Gasteiger partial charge in [0.25, 0.3) is 0 Å². The first-order valence-electron chi connectivity index (χ1n) is 14.1. The van der Waals surface area contributed by atoms with Crippen molar-refractivity contribution in [1.82, 2.24) is 0 Å². The lowest BCUT2D eigenvalue weighted by Gasteiger charge is -2.46. The zero-order valence-corrected chi connectivity index (χ0v) is 21.6. The summed E-state index contributed by atoms with van der Waals surface area (Å²) in [6, 6.07) is 0. The molecule has 0 aromatic carbocycles. The van der Waals surface area contributed by atoms with Gasteiger partial charge in [0.2, 0.25) is 0 Å². The van der Waals surface area contributed by atoms with Crippen LogP contribution in [-0.2, 0) is 28.4 Å². The van der Waals surface area contributed by atoms with Gasteiger partial charge in [-0.1, -0.05) is 20.8 Å². The van der Waals surface area contributed by atoms with E-state index >= 15 is 0 Å². The molecule has 6 nitrogen and oxygen atoms in total. The summed E-state index contributed by atoms with van der Waals surface area (Å²) in [6.45, 7) is 14.5. The number of hydrogen-bond donors (Lipinski definition) is 0. The highest BCUT2D eigenvalue weighted by Crippen LogP contribution is 2.64. The predicted octanol–water partition coefficient (Wildman–Crippen LogP) is 4.24. The number of hydrogen-bond acceptors (Lipinski definition) is 6. The van der Waals surface area contributed by atoms with Gasteiger partial charge in [0, 0.05) is 22.7 Å². The van der Waals surface area contributed by atoms with Crippen LogP contribution in [0.1, 0.15) is 65.7 Å².